The van der Waals surface area contributed by atoms with Crippen molar-refractivity contribution in [2.75, 3.05) is 25.4 Å². The second-order valence-electron chi connectivity index (χ2n) is 4.17. The number of rotatable bonds is 6. The molecule has 0 aliphatic carbocycles. The first-order valence-electron chi connectivity index (χ1n) is 5.70. The lowest BCUT2D eigenvalue weighted by Crippen LogP contribution is -2.21. The molecule has 0 bridgehead atoms. The third-order valence-corrected chi connectivity index (χ3v) is 3.27. The molecule has 1 aliphatic rings. The quantitative estimate of drug-likeness (QED) is 0.511. The lowest BCUT2D eigenvalue weighted by Gasteiger charge is -2.15. The average molecular weight is 201 g/mol. The van der Waals surface area contributed by atoms with E-state index in [1.807, 2.05) is 0 Å². The Morgan fingerprint density at radius 2 is 2.23 bits per heavy atom. The molecular weight excluding hydrogens is 178 g/mol. The summed E-state index contributed by atoms with van der Waals surface area (Å²) < 4.78 is 0. The second kappa shape index (κ2) is 6.72. The van der Waals surface area contributed by atoms with Crippen molar-refractivity contribution in [3.05, 3.63) is 0 Å². The summed E-state index contributed by atoms with van der Waals surface area (Å²) in [6.07, 6.45) is 6.84. The fourth-order valence-electron chi connectivity index (χ4n) is 2.21. The first-order valence-corrected chi connectivity index (χ1v) is 6.33. The normalized spacial score (nSPS) is 24.0. The monoisotopic (exact) mass is 201 g/mol. The van der Waals surface area contributed by atoms with Crippen LogP contribution in [0.2, 0.25) is 0 Å². The molecule has 0 radical (unpaired) electrons. The largest absolute Gasteiger partial charge is 0.303 e. The molecule has 1 rings (SSSR count). The van der Waals surface area contributed by atoms with E-state index in [4.69, 9.17) is 0 Å². The van der Waals surface area contributed by atoms with Crippen molar-refractivity contribution in [3.8, 4) is 0 Å². The van der Waals surface area contributed by atoms with Gasteiger partial charge in [-0.05, 0) is 50.4 Å². The summed E-state index contributed by atoms with van der Waals surface area (Å²) in [6.45, 7) is 6.31. The molecule has 1 saturated heterocycles. The predicted molar refractivity (Wildman–Crippen MR) is 62.5 cm³/mol. The zero-order chi connectivity index (χ0) is 9.52. The number of likely N-dealkylation sites (tertiary alicyclic amines) is 1. The van der Waals surface area contributed by atoms with E-state index in [0.717, 1.165) is 11.7 Å². The van der Waals surface area contributed by atoms with Gasteiger partial charge in [-0.3, -0.25) is 0 Å². The molecule has 0 aromatic carbocycles. The van der Waals surface area contributed by atoms with Crippen molar-refractivity contribution in [1.29, 1.82) is 0 Å². The van der Waals surface area contributed by atoms with Gasteiger partial charge in [-0.1, -0.05) is 13.3 Å². The molecule has 78 valence electrons. The van der Waals surface area contributed by atoms with Crippen molar-refractivity contribution in [3.63, 3.8) is 0 Å². The highest BCUT2D eigenvalue weighted by atomic mass is 32.1. The van der Waals surface area contributed by atoms with E-state index in [1.54, 1.807) is 0 Å². The Kier molecular flexibility index (Phi) is 5.88. The number of hydrogen-bond donors (Lipinski definition) is 1. The molecule has 1 aliphatic heterocycles. The van der Waals surface area contributed by atoms with E-state index >= 15 is 0 Å². The van der Waals surface area contributed by atoms with Crippen LogP contribution in [-0.2, 0) is 0 Å². The van der Waals surface area contributed by atoms with Gasteiger partial charge in [0.25, 0.3) is 0 Å². The first kappa shape index (κ1) is 11.4. The van der Waals surface area contributed by atoms with Crippen molar-refractivity contribution in [2.45, 2.75) is 39.0 Å². The second-order valence-corrected chi connectivity index (χ2v) is 4.62. The van der Waals surface area contributed by atoms with E-state index in [1.165, 1.54) is 51.7 Å². The third-order valence-electron chi connectivity index (χ3n) is 2.95. The molecule has 0 spiro atoms. The standard InChI is InChI=1S/C11H23NS/c1-2-5-11-6-8-12(10-11)7-3-4-9-13/h11,13H,2-10H2,1H3. The highest BCUT2D eigenvalue weighted by molar-refractivity contribution is 7.80. The Hall–Kier alpha value is 0.310. The molecule has 1 atom stereocenters. The molecule has 1 fully saturated rings. The summed E-state index contributed by atoms with van der Waals surface area (Å²) in [4.78, 5) is 2.63. The Labute approximate surface area is 88.3 Å². The van der Waals surface area contributed by atoms with E-state index in [2.05, 4.69) is 24.5 Å². The third kappa shape index (κ3) is 4.37. The summed E-state index contributed by atoms with van der Waals surface area (Å²) in [6, 6.07) is 0. The van der Waals surface area contributed by atoms with Crippen LogP contribution in [0.4, 0.5) is 0 Å². The van der Waals surface area contributed by atoms with Crippen molar-refractivity contribution < 1.29 is 0 Å². The van der Waals surface area contributed by atoms with Crippen LogP contribution in [0.15, 0.2) is 0 Å². The number of hydrogen-bond acceptors (Lipinski definition) is 2. The van der Waals surface area contributed by atoms with E-state index < -0.39 is 0 Å². The number of nitrogens with zero attached hydrogens (tertiary/aromatic N) is 1. The lowest BCUT2D eigenvalue weighted by atomic mass is 10.0. The maximum atomic E-state index is 4.23. The number of thiol groups is 1. The Morgan fingerprint density at radius 1 is 1.38 bits per heavy atom. The van der Waals surface area contributed by atoms with Gasteiger partial charge in [-0.25, -0.2) is 0 Å². The van der Waals surface area contributed by atoms with Crippen LogP contribution in [0.1, 0.15) is 39.0 Å². The summed E-state index contributed by atoms with van der Waals surface area (Å²) in [5.74, 6) is 2.05. The summed E-state index contributed by atoms with van der Waals surface area (Å²) >= 11 is 4.23. The maximum Gasteiger partial charge on any atom is 0.00101 e. The summed E-state index contributed by atoms with van der Waals surface area (Å²) in [5.41, 5.74) is 0. The van der Waals surface area contributed by atoms with Crippen LogP contribution in [0, 0.1) is 5.92 Å². The highest BCUT2D eigenvalue weighted by Crippen LogP contribution is 2.20. The van der Waals surface area contributed by atoms with Gasteiger partial charge in [0.1, 0.15) is 0 Å². The SMILES string of the molecule is CCCC1CCN(CCCCS)C1. The van der Waals surface area contributed by atoms with Crippen molar-refractivity contribution in [1.82, 2.24) is 4.90 Å². The first-order chi connectivity index (χ1) is 6.36. The van der Waals surface area contributed by atoms with Crippen LogP contribution in [0.3, 0.4) is 0 Å². The van der Waals surface area contributed by atoms with E-state index in [9.17, 15) is 0 Å². The van der Waals surface area contributed by atoms with Crippen LogP contribution >= 0.6 is 12.6 Å². The zero-order valence-electron chi connectivity index (χ0n) is 8.84. The lowest BCUT2D eigenvalue weighted by molar-refractivity contribution is 0.315. The average Bonchev–Trinajstić information content (AvgIpc) is 2.54. The predicted octanol–water partition coefficient (Wildman–Crippen LogP) is 2.82. The minimum absolute atomic E-state index is 1.00. The fraction of sp³-hybridized carbons (Fsp3) is 1.00. The molecule has 0 aromatic rings. The molecule has 1 unspecified atom stereocenters. The van der Waals surface area contributed by atoms with Gasteiger partial charge in [0.05, 0.1) is 0 Å². The van der Waals surface area contributed by atoms with Crippen LogP contribution < -0.4 is 0 Å². The Morgan fingerprint density at radius 3 is 2.92 bits per heavy atom. The van der Waals surface area contributed by atoms with Crippen LogP contribution in [-0.4, -0.2) is 30.3 Å². The maximum absolute atomic E-state index is 4.23. The fourth-order valence-corrected chi connectivity index (χ4v) is 2.43. The van der Waals surface area contributed by atoms with Gasteiger partial charge in [0.15, 0.2) is 0 Å². The van der Waals surface area contributed by atoms with E-state index in [-0.39, 0.29) is 0 Å². The van der Waals surface area contributed by atoms with Gasteiger partial charge in [-0.2, -0.15) is 12.6 Å². The molecule has 13 heavy (non-hydrogen) atoms. The smallest absolute Gasteiger partial charge is 0.00101 e. The van der Waals surface area contributed by atoms with Gasteiger partial charge < -0.3 is 4.90 Å². The van der Waals surface area contributed by atoms with Crippen molar-refractivity contribution >= 4 is 12.6 Å². The molecule has 0 saturated carbocycles. The van der Waals surface area contributed by atoms with Crippen LogP contribution in [0.25, 0.3) is 0 Å². The molecule has 0 N–H and O–H groups in total. The van der Waals surface area contributed by atoms with Gasteiger partial charge in [-0.15, -0.1) is 0 Å². The molecule has 2 heteroatoms. The molecular formula is C11H23NS. The molecule has 1 heterocycles. The van der Waals surface area contributed by atoms with E-state index in [0.29, 0.717) is 0 Å². The minimum atomic E-state index is 1.00. The Balaban J connectivity index is 2.03. The van der Waals surface area contributed by atoms with Gasteiger partial charge >= 0.3 is 0 Å². The molecule has 0 amide bonds. The zero-order valence-corrected chi connectivity index (χ0v) is 9.73. The van der Waals surface area contributed by atoms with Gasteiger partial charge in [0.2, 0.25) is 0 Å². The van der Waals surface area contributed by atoms with Crippen LogP contribution in [0.5, 0.6) is 0 Å². The molecule has 1 nitrogen and oxygen atoms in total. The van der Waals surface area contributed by atoms with Crippen molar-refractivity contribution in [2.24, 2.45) is 5.92 Å². The van der Waals surface area contributed by atoms with Gasteiger partial charge in [0, 0.05) is 6.54 Å². The Bertz CT molecular complexity index is 127. The topological polar surface area (TPSA) is 3.24 Å². The minimum Gasteiger partial charge on any atom is -0.303 e. The summed E-state index contributed by atoms with van der Waals surface area (Å²) in [7, 11) is 0. The highest BCUT2D eigenvalue weighted by Gasteiger charge is 2.20. The molecule has 0 aromatic heterocycles. The summed E-state index contributed by atoms with van der Waals surface area (Å²) in [5, 5.41) is 0. The number of unbranched alkanes of at least 4 members (excludes halogenated alkanes) is 1.